The van der Waals surface area contributed by atoms with Crippen molar-refractivity contribution in [3.8, 4) is 6.07 Å². The molecule has 24 heavy (non-hydrogen) atoms. The fourth-order valence-electron chi connectivity index (χ4n) is 2.23. The van der Waals surface area contributed by atoms with Crippen LogP contribution in [0, 0.1) is 25.2 Å². The van der Waals surface area contributed by atoms with Gasteiger partial charge in [-0.15, -0.1) is 11.8 Å². The van der Waals surface area contributed by atoms with Crippen LogP contribution < -0.4 is 5.73 Å². The molecule has 2 aromatic rings. The number of aryl methyl sites for hydroxylation is 2. The summed E-state index contributed by atoms with van der Waals surface area (Å²) in [5.74, 6) is 0.837. The maximum Gasteiger partial charge on any atom is 0.114 e. The van der Waals surface area contributed by atoms with Gasteiger partial charge in [-0.1, -0.05) is 36.0 Å². The fraction of sp³-hybridized carbons (Fsp3) is 0.158. The Balaban J connectivity index is 2.27. The number of nitrogens with zero attached hydrogens (tertiary/aromatic N) is 1. The van der Waals surface area contributed by atoms with Gasteiger partial charge in [0.15, 0.2) is 0 Å². The molecule has 0 radical (unpaired) electrons. The van der Waals surface area contributed by atoms with E-state index in [4.69, 9.17) is 34.8 Å². The molecule has 2 N–H and O–H groups in total. The third kappa shape index (κ3) is 4.85. The van der Waals surface area contributed by atoms with Crippen molar-refractivity contribution in [2.75, 3.05) is 0 Å². The van der Waals surface area contributed by atoms with Crippen LogP contribution >= 0.6 is 35.6 Å². The summed E-state index contributed by atoms with van der Waals surface area (Å²) in [6.07, 6.45) is 1.76. The van der Waals surface area contributed by atoms with E-state index in [9.17, 15) is 0 Å². The van der Waals surface area contributed by atoms with Crippen molar-refractivity contribution in [1.82, 2.24) is 0 Å². The molecule has 122 valence electrons. The van der Waals surface area contributed by atoms with E-state index in [-0.39, 0.29) is 4.99 Å². The molecular weight excluding hydrogens is 356 g/mol. The van der Waals surface area contributed by atoms with Gasteiger partial charge in [0, 0.05) is 15.7 Å². The summed E-state index contributed by atoms with van der Waals surface area (Å²) in [5.41, 5.74) is 10.4. The first-order chi connectivity index (χ1) is 11.4. The van der Waals surface area contributed by atoms with Crippen molar-refractivity contribution >= 4 is 46.6 Å². The van der Waals surface area contributed by atoms with E-state index < -0.39 is 0 Å². The molecule has 0 aliphatic heterocycles. The highest BCUT2D eigenvalue weighted by Crippen LogP contribution is 2.27. The normalized spacial score (nSPS) is 11.2. The predicted molar refractivity (Wildman–Crippen MR) is 107 cm³/mol. The molecule has 0 aliphatic rings. The van der Waals surface area contributed by atoms with E-state index in [1.54, 1.807) is 17.8 Å². The zero-order chi connectivity index (χ0) is 17.7. The molecule has 0 aliphatic carbocycles. The molecule has 2 nitrogen and oxygen atoms in total. The van der Waals surface area contributed by atoms with Crippen LogP contribution in [-0.4, -0.2) is 4.99 Å². The SMILES string of the molecule is Cc1cc(C)c(CSc2ccc(Cl)cc2)cc1/C=C(\C#N)C(N)=S. The summed E-state index contributed by atoms with van der Waals surface area (Å²) in [7, 11) is 0. The zero-order valence-electron chi connectivity index (χ0n) is 13.5. The summed E-state index contributed by atoms with van der Waals surface area (Å²) in [5, 5.41) is 9.88. The Morgan fingerprint density at radius 1 is 1.25 bits per heavy atom. The lowest BCUT2D eigenvalue weighted by atomic mass is 9.99. The second-order valence-corrected chi connectivity index (χ2v) is 7.34. The Morgan fingerprint density at radius 2 is 1.92 bits per heavy atom. The lowest BCUT2D eigenvalue weighted by Crippen LogP contribution is -2.09. The molecule has 0 heterocycles. The average molecular weight is 373 g/mol. The highest BCUT2D eigenvalue weighted by Gasteiger charge is 2.07. The van der Waals surface area contributed by atoms with Gasteiger partial charge in [0.2, 0.25) is 0 Å². The fourth-order valence-corrected chi connectivity index (χ4v) is 3.43. The van der Waals surface area contributed by atoms with Crippen molar-refractivity contribution in [1.29, 1.82) is 5.26 Å². The van der Waals surface area contributed by atoms with Crippen molar-refractivity contribution in [2.24, 2.45) is 5.73 Å². The minimum absolute atomic E-state index is 0.120. The zero-order valence-corrected chi connectivity index (χ0v) is 15.9. The van der Waals surface area contributed by atoms with Crippen LogP contribution in [0.1, 0.15) is 22.3 Å². The number of rotatable bonds is 5. The van der Waals surface area contributed by atoms with E-state index in [0.717, 1.165) is 26.8 Å². The molecule has 0 bridgehead atoms. The molecule has 0 aromatic heterocycles. The molecule has 2 rings (SSSR count). The van der Waals surface area contributed by atoms with Crippen molar-refractivity contribution in [3.63, 3.8) is 0 Å². The quantitative estimate of drug-likeness (QED) is 0.328. The lowest BCUT2D eigenvalue weighted by molar-refractivity contribution is 1.26. The minimum Gasteiger partial charge on any atom is -0.389 e. The van der Waals surface area contributed by atoms with E-state index in [2.05, 4.69) is 25.1 Å². The predicted octanol–water partition coefficient (Wildman–Crippen LogP) is 5.44. The number of nitrogens with two attached hydrogens (primary N) is 1. The summed E-state index contributed by atoms with van der Waals surface area (Å²) < 4.78 is 0. The molecule has 0 saturated heterocycles. The summed E-state index contributed by atoms with van der Waals surface area (Å²) in [6.45, 7) is 4.11. The van der Waals surface area contributed by atoms with Crippen LogP contribution in [0.5, 0.6) is 0 Å². The summed E-state index contributed by atoms with van der Waals surface area (Å²) in [4.78, 5) is 1.28. The number of thiocarbonyl (C=S) groups is 1. The second-order valence-electron chi connectivity index (χ2n) is 5.41. The molecular formula is C19H17ClN2S2. The first kappa shape index (κ1) is 18.5. The topological polar surface area (TPSA) is 49.8 Å². The number of thioether (sulfide) groups is 1. The number of hydrogen-bond acceptors (Lipinski definition) is 3. The largest absolute Gasteiger partial charge is 0.389 e. The summed E-state index contributed by atoms with van der Waals surface area (Å²) in [6, 6.07) is 14.1. The Kier molecular flexibility index (Phi) is 6.44. The highest BCUT2D eigenvalue weighted by molar-refractivity contribution is 7.98. The molecule has 0 atom stereocenters. The van der Waals surface area contributed by atoms with Gasteiger partial charge in [-0.2, -0.15) is 5.26 Å². The molecule has 0 fully saturated rings. The molecule has 0 unspecified atom stereocenters. The highest BCUT2D eigenvalue weighted by atomic mass is 35.5. The first-order valence-electron chi connectivity index (χ1n) is 7.31. The Morgan fingerprint density at radius 3 is 2.50 bits per heavy atom. The standard InChI is InChI=1S/C19H17ClN2S2/c1-12-7-13(2)16(9-14(12)8-15(10-21)19(22)23)11-24-18-5-3-17(20)4-6-18/h3-9H,11H2,1-2H3,(H2,22,23)/b15-8+. The van der Waals surface area contributed by atoms with Gasteiger partial charge in [-0.25, -0.2) is 0 Å². The monoisotopic (exact) mass is 372 g/mol. The molecule has 0 spiro atoms. The minimum atomic E-state index is 0.120. The Hall–Kier alpha value is -1.80. The third-order valence-corrected chi connectivity index (χ3v) is 5.15. The first-order valence-corrected chi connectivity index (χ1v) is 9.08. The van der Waals surface area contributed by atoms with Gasteiger partial charge < -0.3 is 5.73 Å². The van der Waals surface area contributed by atoms with Gasteiger partial charge in [-0.05, 0) is 66.4 Å². The number of benzene rings is 2. The van der Waals surface area contributed by atoms with Gasteiger partial charge in [0.25, 0.3) is 0 Å². The number of halogens is 1. The third-order valence-electron chi connectivity index (χ3n) is 3.62. The lowest BCUT2D eigenvalue weighted by Gasteiger charge is -2.11. The van der Waals surface area contributed by atoms with Crippen molar-refractivity contribution in [3.05, 3.63) is 69.2 Å². The van der Waals surface area contributed by atoms with Crippen LogP contribution in [-0.2, 0) is 5.75 Å². The van der Waals surface area contributed by atoms with Gasteiger partial charge >= 0.3 is 0 Å². The maximum atomic E-state index is 9.15. The van der Waals surface area contributed by atoms with Gasteiger partial charge in [-0.3, -0.25) is 0 Å². The molecule has 0 saturated carbocycles. The van der Waals surface area contributed by atoms with Crippen LogP contribution in [0.25, 0.3) is 6.08 Å². The summed E-state index contributed by atoms with van der Waals surface area (Å²) >= 11 is 12.6. The number of hydrogen-bond donors (Lipinski definition) is 1. The van der Waals surface area contributed by atoms with E-state index in [0.29, 0.717) is 5.57 Å². The average Bonchev–Trinajstić information content (AvgIpc) is 2.54. The number of nitriles is 1. The van der Waals surface area contributed by atoms with E-state index >= 15 is 0 Å². The van der Waals surface area contributed by atoms with Crippen LogP contribution in [0.15, 0.2) is 46.9 Å². The van der Waals surface area contributed by atoms with Crippen LogP contribution in [0.3, 0.4) is 0 Å². The van der Waals surface area contributed by atoms with E-state index in [1.165, 1.54) is 11.1 Å². The van der Waals surface area contributed by atoms with Crippen molar-refractivity contribution < 1.29 is 0 Å². The second kappa shape index (κ2) is 8.34. The Labute approximate surface area is 157 Å². The Bertz CT molecular complexity index is 834. The van der Waals surface area contributed by atoms with Crippen LogP contribution in [0.2, 0.25) is 5.02 Å². The molecule has 2 aromatic carbocycles. The van der Waals surface area contributed by atoms with E-state index in [1.807, 2.05) is 31.2 Å². The maximum absolute atomic E-state index is 9.15. The molecule has 5 heteroatoms. The van der Waals surface area contributed by atoms with Crippen LogP contribution in [0.4, 0.5) is 0 Å². The molecule has 0 amide bonds. The smallest absolute Gasteiger partial charge is 0.114 e. The van der Waals surface area contributed by atoms with Gasteiger partial charge in [0.1, 0.15) is 11.1 Å². The van der Waals surface area contributed by atoms with Gasteiger partial charge in [0.05, 0.1) is 5.57 Å². The van der Waals surface area contributed by atoms with Crippen molar-refractivity contribution in [2.45, 2.75) is 24.5 Å².